The molecule has 0 fully saturated rings. The third-order valence-electron chi connectivity index (χ3n) is 1.98. The van der Waals surface area contributed by atoms with Gasteiger partial charge in [-0.3, -0.25) is 4.79 Å². The van der Waals surface area contributed by atoms with E-state index in [1.807, 2.05) is 13.0 Å². The van der Waals surface area contributed by atoms with Crippen LogP contribution in [-0.4, -0.2) is 13.1 Å². The molecule has 14 heavy (non-hydrogen) atoms. The Bertz CT molecular complexity index is 363. The molecule has 0 saturated carbocycles. The first-order chi connectivity index (χ1) is 6.54. The van der Waals surface area contributed by atoms with Crippen LogP contribution >= 0.6 is 34.2 Å². The highest BCUT2D eigenvalue weighted by atomic mass is 127. The molecular formula is C10H10ClIO2. The van der Waals surface area contributed by atoms with Crippen molar-refractivity contribution in [3.63, 3.8) is 0 Å². The average molecular weight is 325 g/mol. The average Bonchev–Trinajstić information content (AvgIpc) is 2.13. The number of halogens is 2. The summed E-state index contributed by atoms with van der Waals surface area (Å²) in [6.45, 7) is 1.97. The molecule has 0 radical (unpaired) electrons. The van der Waals surface area contributed by atoms with Gasteiger partial charge < -0.3 is 4.74 Å². The number of methoxy groups -OCH3 is 1. The summed E-state index contributed by atoms with van der Waals surface area (Å²) >= 11 is 8.09. The van der Waals surface area contributed by atoms with E-state index in [2.05, 4.69) is 27.3 Å². The Kier molecular flexibility index (Phi) is 4.19. The topological polar surface area (TPSA) is 26.3 Å². The van der Waals surface area contributed by atoms with Crippen molar-refractivity contribution in [2.45, 2.75) is 13.3 Å². The molecule has 2 nitrogen and oxygen atoms in total. The number of esters is 1. The van der Waals surface area contributed by atoms with Crippen molar-refractivity contribution in [1.29, 1.82) is 0 Å². The fourth-order valence-corrected chi connectivity index (χ4v) is 2.22. The van der Waals surface area contributed by atoms with E-state index in [0.29, 0.717) is 5.02 Å². The lowest BCUT2D eigenvalue weighted by Crippen LogP contribution is -2.06. The third-order valence-corrected chi connectivity index (χ3v) is 3.32. The van der Waals surface area contributed by atoms with E-state index in [4.69, 9.17) is 11.6 Å². The van der Waals surface area contributed by atoms with Crippen molar-refractivity contribution in [1.82, 2.24) is 0 Å². The number of hydrogen-bond acceptors (Lipinski definition) is 2. The van der Waals surface area contributed by atoms with Gasteiger partial charge in [0.2, 0.25) is 0 Å². The SMILES string of the molecule is COC(=O)Cc1cc(Cl)cc(I)c1C. The molecule has 0 heterocycles. The van der Waals surface area contributed by atoms with Crippen LogP contribution in [-0.2, 0) is 16.0 Å². The van der Waals surface area contributed by atoms with Gasteiger partial charge in [-0.25, -0.2) is 0 Å². The normalized spacial score (nSPS) is 10.0. The predicted octanol–water partition coefficient (Wildman–Crippen LogP) is 2.97. The number of benzene rings is 1. The van der Waals surface area contributed by atoms with Crippen molar-refractivity contribution in [2.24, 2.45) is 0 Å². The molecule has 1 aromatic carbocycles. The highest BCUT2D eigenvalue weighted by Gasteiger charge is 2.09. The molecule has 0 aliphatic heterocycles. The van der Waals surface area contributed by atoms with Gasteiger partial charge in [-0.05, 0) is 52.8 Å². The van der Waals surface area contributed by atoms with Crippen LogP contribution in [0.25, 0.3) is 0 Å². The van der Waals surface area contributed by atoms with E-state index in [0.717, 1.165) is 14.7 Å². The van der Waals surface area contributed by atoms with Crippen LogP contribution in [0, 0.1) is 10.5 Å². The molecule has 0 atom stereocenters. The Hall–Kier alpha value is -0.290. The molecule has 1 aromatic rings. The van der Waals surface area contributed by atoms with Crippen LogP contribution < -0.4 is 0 Å². The molecule has 0 bridgehead atoms. The maximum Gasteiger partial charge on any atom is 0.309 e. The summed E-state index contributed by atoms with van der Waals surface area (Å²) in [6, 6.07) is 3.67. The monoisotopic (exact) mass is 324 g/mol. The van der Waals surface area contributed by atoms with Gasteiger partial charge in [0, 0.05) is 8.59 Å². The second kappa shape index (κ2) is 4.98. The van der Waals surface area contributed by atoms with E-state index in [1.165, 1.54) is 7.11 Å². The van der Waals surface area contributed by atoms with E-state index >= 15 is 0 Å². The number of carbonyl (C=O) groups excluding carboxylic acids is 1. The van der Waals surface area contributed by atoms with Crippen molar-refractivity contribution >= 4 is 40.2 Å². The summed E-state index contributed by atoms with van der Waals surface area (Å²) in [5, 5.41) is 0.652. The van der Waals surface area contributed by atoms with Gasteiger partial charge >= 0.3 is 5.97 Å². The van der Waals surface area contributed by atoms with Gasteiger partial charge in [0.1, 0.15) is 0 Å². The smallest absolute Gasteiger partial charge is 0.309 e. The number of hydrogen-bond donors (Lipinski definition) is 0. The maximum atomic E-state index is 11.1. The highest BCUT2D eigenvalue weighted by Crippen LogP contribution is 2.22. The highest BCUT2D eigenvalue weighted by molar-refractivity contribution is 14.1. The molecule has 0 unspecified atom stereocenters. The van der Waals surface area contributed by atoms with Crippen molar-refractivity contribution in [3.05, 3.63) is 31.9 Å². The van der Waals surface area contributed by atoms with Gasteiger partial charge in [-0.1, -0.05) is 11.6 Å². The van der Waals surface area contributed by atoms with Gasteiger partial charge in [0.05, 0.1) is 13.5 Å². The summed E-state index contributed by atoms with van der Waals surface area (Å²) < 4.78 is 5.67. The zero-order chi connectivity index (χ0) is 10.7. The second-order valence-corrected chi connectivity index (χ2v) is 4.52. The summed E-state index contributed by atoms with van der Waals surface area (Å²) in [7, 11) is 1.38. The van der Waals surface area contributed by atoms with Crippen LogP contribution in [0.1, 0.15) is 11.1 Å². The summed E-state index contributed by atoms with van der Waals surface area (Å²) in [4.78, 5) is 11.1. The molecule has 4 heteroatoms. The fraction of sp³-hybridized carbons (Fsp3) is 0.300. The number of ether oxygens (including phenoxy) is 1. The van der Waals surface area contributed by atoms with Crippen LogP contribution in [0.4, 0.5) is 0 Å². The molecule has 0 aliphatic carbocycles. The van der Waals surface area contributed by atoms with Crippen LogP contribution in [0.15, 0.2) is 12.1 Å². The first-order valence-electron chi connectivity index (χ1n) is 4.06. The Morgan fingerprint density at radius 1 is 1.57 bits per heavy atom. The summed E-state index contributed by atoms with van der Waals surface area (Å²) in [5.41, 5.74) is 2.01. The van der Waals surface area contributed by atoms with E-state index in [9.17, 15) is 4.79 Å². The molecule has 0 N–H and O–H groups in total. The van der Waals surface area contributed by atoms with E-state index in [-0.39, 0.29) is 12.4 Å². The van der Waals surface area contributed by atoms with Crippen LogP contribution in [0.5, 0.6) is 0 Å². The van der Waals surface area contributed by atoms with Gasteiger partial charge in [-0.2, -0.15) is 0 Å². The standard InChI is InChI=1S/C10H10ClIO2/c1-6-7(4-10(13)14-2)3-8(11)5-9(6)12/h3,5H,4H2,1-2H3. The number of rotatable bonds is 2. The minimum Gasteiger partial charge on any atom is -0.469 e. The van der Waals surface area contributed by atoms with Crippen molar-refractivity contribution in [3.8, 4) is 0 Å². The Balaban J connectivity index is 3.02. The minimum absolute atomic E-state index is 0.244. The summed E-state index contributed by atoms with van der Waals surface area (Å²) in [5.74, 6) is -0.244. The van der Waals surface area contributed by atoms with E-state index < -0.39 is 0 Å². The Morgan fingerprint density at radius 2 is 2.21 bits per heavy atom. The fourth-order valence-electron chi connectivity index (χ4n) is 1.11. The zero-order valence-corrected chi connectivity index (χ0v) is 10.8. The molecule has 0 spiro atoms. The third kappa shape index (κ3) is 2.85. The molecule has 1 rings (SSSR count). The van der Waals surface area contributed by atoms with Crippen molar-refractivity contribution < 1.29 is 9.53 Å². The maximum absolute atomic E-state index is 11.1. The first-order valence-corrected chi connectivity index (χ1v) is 5.51. The Labute approximate surface area is 102 Å². The lowest BCUT2D eigenvalue weighted by atomic mass is 10.1. The molecular weight excluding hydrogens is 314 g/mol. The molecule has 0 aromatic heterocycles. The van der Waals surface area contributed by atoms with Gasteiger partial charge in [-0.15, -0.1) is 0 Å². The summed E-state index contributed by atoms with van der Waals surface area (Å²) in [6.07, 6.45) is 0.277. The van der Waals surface area contributed by atoms with Gasteiger partial charge in [0.15, 0.2) is 0 Å². The molecule has 0 amide bonds. The largest absolute Gasteiger partial charge is 0.469 e. The first kappa shape index (κ1) is 11.8. The van der Waals surface area contributed by atoms with Crippen LogP contribution in [0.2, 0.25) is 5.02 Å². The van der Waals surface area contributed by atoms with E-state index in [1.54, 1.807) is 6.07 Å². The molecule has 0 aliphatic rings. The lowest BCUT2D eigenvalue weighted by molar-refractivity contribution is -0.139. The second-order valence-electron chi connectivity index (χ2n) is 2.92. The van der Waals surface area contributed by atoms with Crippen molar-refractivity contribution in [2.75, 3.05) is 7.11 Å². The zero-order valence-electron chi connectivity index (χ0n) is 7.93. The van der Waals surface area contributed by atoms with Crippen LogP contribution in [0.3, 0.4) is 0 Å². The van der Waals surface area contributed by atoms with Gasteiger partial charge in [0.25, 0.3) is 0 Å². The quantitative estimate of drug-likeness (QED) is 0.617. The minimum atomic E-state index is -0.244. The lowest BCUT2D eigenvalue weighted by Gasteiger charge is -2.07. The molecule has 0 saturated heterocycles. The number of carbonyl (C=O) groups is 1. The molecule has 76 valence electrons. The predicted molar refractivity (Wildman–Crippen MR) is 64.6 cm³/mol. The Morgan fingerprint density at radius 3 is 2.79 bits per heavy atom.